The van der Waals surface area contributed by atoms with Crippen molar-refractivity contribution in [2.45, 2.75) is 206 Å². The summed E-state index contributed by atoms with van der Waals surface area (Å²) in [4.78, 5) is 22.7. The number of hydrogen-bond donors (Lipinski definition) is 3. The van der Waals surface area contributed by atoms with Gasteiger partial charge in [-0.2, -0.15) is 0 Å². The molecule has 0 saturated heterocycles. The number of ether oxygens (including phenoxy) is 2. The molecule has 10 heteroatoms. The van der Waals surface area contributed by atoms with Gasteiger partial charge in [0.1, 0.15) is 12.2 Å². The molecule has 3 atom stereocenters. The Morgan fingerprint density at radius 1 is 0.485 bits per heavy atom. The highest BCUT2D eigenvalue weighted by molar-refractivity contribution is 7.47. The first kappa shape index (κ1) is 63.1. The van der Waals surface area contributed by atoms with Crippen molar-refractivity contribution >= 4 is 13.8 Å². The second kappa shape index (κ2) is 51.5. The number of esters is 1. The number of unbranched alkanes of at least 4 members (excludes halogenated alkanes) is 16. The maximum atomic E-state index is 12.7. The molecule has 66 heavy (non-hydrogen) atoms. The SMILES string of the molecule is CC/C=C\C/C=C\C/C=C\C/C=C\C/C=C\C/C=C\CCCCC(=O)OC(COCCCCCCCCCCC/C=C\C/C=C\C/C=C\CCCCCCC)COP(=O)(O)OCC(O)CO. The maximum Gasteiger partial charge on any atom is 0.472 e. The summed E-state index contributed by atoms with van der Waals surface area (Å²) < 4.78 is 33.5. The first-order valence-corrected chi connectivity index (χ1v) is 27.4. The Kier molecular flexibility index (Phi) is 49.3. The van der Waals surface area contributed by atoms with Gasteiger partial charge in [-0.1, -0.05) is 194 Å². The van der Waals surface area contributed by atoms with E-state index in [2.05, 4.69) is 123 Å². The lowest BCUT2D eigenvalue weighted by Gasteiger charge is -2.20. The van der Waals surface area contributed by atoms with E-state index in [4.69, 9.17) is 23.6 Å². The first-order valence-electron chi connectivity index (χ1n) is 25.9. The molecule has 3 N–H and O–H groups in total. The number of hydrogen-bond acceptors (Lipinski definition) is 8. The summed E-state index contributed by atoms with van der Waals surface area (Å²) in [6.07, 6.45) is 67.7. The number of carbonyl (C=O) groups excluding carboxylic acids is 1. The fraction of sp³-hybridized carbons (Fsp3) is 0.661. The Hall–Kier alpha value is -2.88. The molecule has 3 unspecified atom stereocenters. The maximum absolute atomic E-state index is 12.7. The van der Waals surface area contributed by atoms with Crippen LogP contribution in [0.15, 0.2) is 109 Å². The van der Waals surface area contributed by atoms with E-state index in [0.717, 1.165) is 89.9 Å². The van der Waals surface area contributed by atoms with Gasteiger partial charge < -0.3 is 24.6 Å². The number of carbonyl (C=O) groups is 1. The number of rotatable bonds is 48. The molecule has 378 valence electrons. The summed E-state index contributed by atoms with van der Waals surface area (Å²) in [6, 6.07) is 0. The van der Waals surface area contributed by atoms with Gasteiger partial charge in [0.2, 0.25) is 0 Å². The van der Waals surface area contributed by atoms with Crippen LogP contribution in [0.1, 0.15) is 194 Å². The van der Waals surface area contributed by atoms with Crippen LogP contribution in [-0.2, 0) is 27.9 Å². The van der Waals surface area contributed by atoms with Crippen LogP contribution in [0.4, 0.5) is 0 Å². The van der Waals surface area contributed by atoms with E-state index in [1.54, 1.807) is 0 Å². The first-order chi connectivity index (χ1) is 32.3. The van der Waals surface area contributed by atoms with Gasteiger partial charge in [-0.15, -0.1) is 0 Å². The number of allylic oxidation sites excluding steroid dienone is 18. The number of aliphatic hydroxyl groups is 2. The summed E-state index contributed by atoms with van der Waals surface area (Å²) in [6.45, 7) is 3.31. The minimum Gasteiger partial charge on any atom is -0.457 e. The number of phosphoric acid groups is 1. The summed E-state index contributed by atoms with van der Waals surface area (Å²) >= 11 is 0. The van der Waals surface area contributed by atoms with Crippen LogP contribution >= 0.6 is 7.82 Å². The van der Waals surface area contributed by atoms with E-state index >= 15 is 0 Å². The minimum absolute atomic E-state index is 0.0202. The molecule has 9 nitrogen and oxygen atoms in total. The molecule has 0 saturated carbocycles. The van der Waals surface area contributed by atoms with Gasteiger partial charge in [0, 0.05) is 13.0 Å². The molecule has 0 aromatic heterocycles. The van der Waals surface area contributed by atoms with Crippen molar-refractivity contribution < 1.29 is 43.0 Å². The molecule has 0 aromatic rings. The van der Waals surface area contributed by atoms with Crippen molar-refractivity contribution in [3.63, 3.8) is 0 Å². The van der Waals surface area contributed by atoms with Crippen LogP contribution in [-0.4, -0.2) is 66.3 Å². The highest BCUT2D eigenvalue weighted by Crippen LogP contribution is 2.43. The molecular weight excluding hydrogens is 848 g/mol. The van der Waals surface area contributed by atoms with Crippen molar-refractivity contribution in [3.8, 4) is 0 Å². The van der Waals surface area contributed by atoms with Crippen molar-refractivity contribution in [1.29, 1.82) is 0 Å². The normalized spacial score (nSPS) is 14.7. The molecule has 0 aliphatic rings. The molecule has 0 fully saturated rings. The fourth-order valence-corrected chi connectivity index (χ4v) is 7.33. The van der Waals surface area contributed by atoms with Gasteiger partial charge in [-0.05, 0) is 103 Å². The third-order valence-electron chi connectivity index (χ3n) is 10.4. The lowest BCUT2D eigenvalue weighted by atomic mass is 10.1. The smallest absolute Gasteiger partial charge is 0.457 e. The number of aliphatic hydroxyl groups excluding tert-OH is 2. The minimum atomic E-state index is -4.55. The van der Waals surface area contributed by atoms with Crippen LogP contribution in [0.2, 0.25) is 0 Å². The fourth-order valence-electron chi connectivity index (χ4n) is 6.54. The number of phosphoric ester groups is 1. The zero-order valence-electron chi connectivity index (χ0n) is 41.6. The van der Waals surface area contributed by atoms with Crippen LogP contribution in [0.3, 0.4) is 0 Å². The molecule has 0 radical (unpaired) electrons. The largest absolute Gasteiger partial charge is 0.472 e. The van der Waals surface area contributed by atoms with Crippen molar-refractivity contribution in [2.75, 3.05) is 33.0 Å². The Bertz CT molecular complexity index is 1390. The van der Waals surface area contributed by atoms with Gasteiger partial charge in [0.05, 0.1) is 26.4 Å². The third-order valence-corrected chi connectivity index (χ3v) is 11.4. The molecule has 0 rings (SSSR count). The van der Waals surface area contributed by atoms with E-state index in [9.17, 15) is 19.4 Å². The molecule has 0 aliphatic heterocycles. The Balaban J connectivity index is 4.20. The van der Waals surface area contributed by atoms with E-state index in [0.29, 0.717) is 13.0 Å². The molecule has 0 spiro atoms. The van der Waals surface area contributed by atoms with Gasteiger partial charge in [-0.3, -0.25) is 13.8 Å². The van der Waals surface area contributed by atoms with Crippen molar-refractivity contribution in [2.24, 2.45) is 0 Å². The molecule has 0 heterocycles. The average Bonchev–Trinajstić information content (AvgIpc) is 3.31. The van der Waals surface area contributed by atoms with Gasteiger partial charge in [0.15, 0.2) is 0 Å². The predicted octanol–water partition coefficient (Wildman–Crippen LogP) is 15.4. The molecule has 0 aliphatic carbocycles. The monoisotopic (exact) mass is 943 g/mol. The summed E-state index contributed by atoms with van der Waals surface area (Å²) in [5.41, 5.74) is 0. The molecule has 0 bridgehead atoms. The van der Waals surface area contributed by atoms with Crippen LogP contribution in [0.25, 0.3) is 0 Å². The van der Waals surface area contributed by atoms with E-state index in [1.807, 2.05) is 0 Å². The van der Waals surface area contributed by atoms with Gasteiger partial charge in [0.25, 0.3) is 0 Å². The zero-order chi connectivity index (χ0) is 48.1. The van der Waals surface area contributed by atoms with Crippen LogP contribution < -0.4 is 0 Å². The second-order valence-electron chi connectivity index (χ2n) is 16.8. The summed E-state index contributed by atoms with van der Waals surface area (Å²) in [5.74, 6) is -0.430. The van der Waals surface area contributed by atoms with Crippen molar-refractivity contribution in [1.82, 2.24) is 0 Å². The van der Waals surface area contributed by atoms with E-state index in [1.165, 1.54) is 77.0 Å². The zero-order valence-corrected chi connectivity index (χ0v) is 42.5. The van der Waals surface area contributed by atoms with E-state index < -0.39 is 45.8 Å². The third kappa shape index (κ3) is 50.5. The predicted molar refractivity (Wildman–Crippen MR) is 278 cm³/mol. The standard InChI is InChI=1S/C56H95O9P/c1-3-5-7-9-11-13-15-17-19-21-23-25-26-27-29-31-33-35-37-39-41-43-45-47-49-62-52-55(53-64-66(60,61)63-51-54(58)50-57)65-56(59)48-46-44-42-40-38-36-34-32-30-28-24-22-20-18-16-14-12-10-8-6-4-2/h6,8,12,14-15,17-18,20-21,23-24,26-28,32,34,38,40,54-55,57-58H,3-5,7,9-11,13,16,19,22,25,29-31,33,35-37,39,41-53H2,1-2H3,(H,60,61)/b8-6-,14-12-,17-15-,20-18-,23-21-,27-26-,28-24-,34-32-,40-38-. The lowest BCUT2D eigenvalue weighted by molar-refractivity contribution is -0.154. The summed E-state index contributed by atoms with van der Waals surface area (Å²) in [7, 11) is -4.55. The van der Waals surface area contributed by atoms with Crippen LogP contribution in [0.5, 0.6) is 0 Å². The highest BCUT2D eigenvalue weighted by atomic mass is 31.2. The second-order valence-corrected chi connectivity index (χ2v) is 18.3. The lowest BCUT2D eigenvalue weighted by Crippen LogP contribution is -2.29. The Labute approximate surface area is 403 Å². The topological polar surface area (TPSA) is 132 Å². The summed E-state index contributed by atoms with van der Waals surface area (Å²) in [5, 5.41) is 18.4. The van der Waals surface area contributed by atoms with Gasteiger partial charge in [-0.25, -0.2) is 4.57 Å². The highest BCUT2D eigenvalue weighted by Gasteiger charge is 2.26. The quantitative estimate of drug-likeness (QED) is 0.0236. The Morgan fingerprint density at radius 3 is 1.30 bits per heavy atom. The van der Waals surface area contributed by atoms with Gasteiger partial charge >= 0.3 is 13.8 Å². The van der Waals surface area contributed by atoms with Crippen LogP contribution in [0, 0.1) is 0 Å². The Morgan fingerprint density at radius 2 is 0.864 bits per heavy atom. The van der Waals surface area contributed by atoms with E-state index in [-0.39, 0.29) is 13.0 Å². The molecular formula is C56H95O9P. The molecule has 0 aromatic carbocycles. The average molecular weight is 943 g/mol. The molecule has 0 amide bonds. The van der Waals surface area contributed by atoms with Crippen molar-refractivity contribution in [3.05, 3.63) is 109 Å².